The maximum absolute atomic E-state index is 9.69. The lowest BCUT2D eigenvalue weighted by molar-refractivity contribution is 0.158. The van der Waals surface area contributed by atoms with E-state index in [-0.39, 0.29) is 5.92 Å². The molecule has 1 rings (SSSR count). The standard InChI is InChI=1S/C7H7Br3O/c8-4-5-3-6(9)1-2-7(5,10)11/h1-3,5,11H,4H2. The molecule has 0 aromatic rings. The van der Waals surface area contributed by atoms with Crippen molar-refractivity contribution in [3.63, 3.8) is 0 Å². The van der Waals surface area contributed by atoms with Gasteiger partial charge >= 0.3 is 0 Å². The third-order valence-corrected chi connectivity index (χ3v) is 3.60. The van der Waals surface area contributed by atoms with E-state index in [0.29, 0.717) is 0 Å². The highest BCUT2D eigenvalue weighted by molar-refractivity contribution is 9.12. The molecule has 11 heavy (non-hydrogen) atoms. The molecule has 1 aliphatic rings. The van der Waals surface area contributed by atoms with Crippen LogP contribution in [0.25, 0.3) is 0 Å². The summed E-state index contributed by atoms with van der Waals surface area (Å²) in [5, 5.41) is 10.4. The van der Waals surface area contributed by atoms with E-state index in [0.717, 1.165) is 9.81 Å². The molecule has 0 fully saturated rings. The molecule has 0 saturated heterocycles. The number of halogens is 3. The number of allylic oxidation sites excluding steroid dienone is 2. The summed E-state index contributed by atoms with van der Waals surface area (Å²) in [6.07, 6.45) is 5.51. The first-order valence-corrected chi connectivity index (χ1v) is 5.81. The van der Waals surface area contributed by atoms with Gasteiger partial charge in [-0.25, -0.2) is 0 Å². The van der Waals surface area contributed by atoms with Gasteiger partial charge in [0, 0.05) is 15.7 Å². The average Bonchev–Trinajstić information content (AvgIpc) is 1.94. The molecule has 4 heteroatoms. The molecule has 0 radical (unpaired) electrons. The second-order valence-corrected chi connectivity index (χ2v) is 5.21. The summed E-state index contributed by atoms with van der Waals surface area (Å²) < 4.78 is 0.111. The van der Waals surface area contributed by atoms with Gasteiger partial charge in [-0.05, 0) is 28.1 Å². The predicted octanol–water partition coefficient (Wildman–Crippen LogP) is 2.93. The average molecular weight is 347 g/mol. The molecule has 1 nitrogen and oxygen atoms in total. The molecular formula is C7H7Br3O. The quantitative estimate of drug-likeness (QED) is 0.724. The Bertz CT molecular complexity index is 208. The fourth-order valence-corrected chi connectivity index (χ4v) is 2.83. The number of alkyl halides is 2. The number of hydrogen-bond acceptors (Lipinski definition) is 1. The van der Waals surface area contributed by atoms with Gasteiger partial charge in [0.15, 0.2) is 0 Å². The molecule has 0 bridgehead atoms. The topological polar surface area (TPSA) is 20.2 Å². The highest BCUT2D eigenvalue weighted by Gasteiger charge is 2.31. The van der Waals surface area contributed by atoms with Gasteiger partial charge in [-0.1, -0.05) is 37.9 Å². The van der Waals surface area contributed by atoms with Gasteiger partial charge < -0.3 is 5.11 Å². The van der Waals surface area contributed by atoms with E-state index in [2.05, 4.69) is 47.8 Å². The minimum Gasteiger partial charge on any atom is -0.375 e. The van der Waals surface area contributed by atoms with Gasteiger partial charge in [-0.15, -0.1) is 0 Å². The molecule has 0 spiro atoms. The minimum absolute atomic E-state index is 0.0712. The van der Waals surface area contributed by atoms with Crippen LogP contribution >= 0.6 is 47.8 Å². The minimum atomic E-state index is -0.895. The van der Waals surface area contributed by atoms with Crippen molar-refractivity contribution in [1.82, 2.24) is 0 Å². The second kappa shape index (κ2) is 3.73. The number of aliphatic hydroxyl groups is 1. The summed E-state index contributed by atoms with van der Waals surface area (Å²) in [7, 11) is 0. The molecule has 2 unspecified atom stereocenters. The van der Waals surface area contributed by atoms with Crippen molar-refractivity contribution >= 4 is 47.8 Å². The first-order chi connectivity index (χ1) is 5.06. The lowest BCUT2D eigenvalue weighted by atomic mass is 10.00. The van der Waals surface area contributed by atoms with E-state index in [1.165, 1.54) is 0 Å². The van der Waals surface area contributed by atoms with Crippen LogP contribution in [0.1, 0.15) is 0 Å². The normalized spacial score (nSPS) is 37.1. The highest BCUT2D eigenvalue weighted by atomic mass is 79.9. The van der Waals surface area contributed by atoms with Crippen molar-refractivity contribution in [2.45, 2.75) is 4.51 Å². The van der Waals surface area contributed by atoms with Crippen molar-refractivity contribution in [3.05, 3.63) is 22.7 Å². The summed E-state index contributed by atoms with van der Waals surface area (Å²) >= 11 is 9.89. The second-order valence-electron chi connectivity index (χ2n) is 2.37. The summed E-state index contributed by atoms with van der Waals surface area (Å²) in [4.78, 5) is 0. The van der Waals surface area contributed by atoms with Crippen LogP contribution in [0, 0.1) is 5.92 Å². The van der Waals surface area contributed by atoms with Gasteiger partial charge in [0.1, 0.15) is 4.51 Å². The molecular weight excluding hydrogens is 340 g/mol. The maximum Gasteiger partial charge on any atom is 0.145 e. The van der Waals surface area contributed by atoms with Gasteiger partial charge in [0.25, 0.3) is 0 Å². The molecule has 62 valence electrons. The Kier molecular flexibility index (Phi) is 3.38. The molecule has 1 aliphatic carbocycles. The van der Waals surface area contributed by atoms with E-state index in [9.17, 15) is 5.11 Å². The van der Waals surface area contributed by atoms with Crippen LogP contribution in [-0.2, 0) is 0 Å². The summed E-state index contributed by atoms with van der Waals surface area (Å²) in [5.74, 6) is 0.0712. The van der Waals surface area contributed by atoms with E-state index < -0.39 is 4.51 Å². The molecule has 0 heterocycles. The van der Waals surface area contributed by atoms with Crippen molar-refractivity contribution in [1.29, 1.82) is 0 Å². The van der Waals surface area contributed by atoms with Gasteiger partial charge in [-0.2, -0.15) is 0 Å². The van der Waals surface area contributed by atoms with Crippen LogP contribution in [-0.4, -0.2) is 14.9 Å². The first kappa shape index (κ1) is 9.96. The summed E-state index contributed by atoms with van der Waals surface area (Å²) in [5.41, 5.74) is 0. The van der Waals surface area contributed by atoms with Crippen LogP contribution < -0.4 is 0 Å². The zero-order chi connectivity index (χ0) is 8.48. The monoisotopic (exact) mass is 344 g/mol. The molecule has 0 saturated carbocycles. The molecule has 0 aromatic carbocycles. The highest BCUT2D eigenvalue weighted by Crippen LogP contribution is 2.34. The van der Waals surface area contributed by atoms with E-state index in [1.54, 1.807) is 6.08 Å². The lowest BCUT2D eigenvalue weighted by Crippen LogP contribution is -2.30. The summed E-state index contributed by atoms with van der Waals surface area (Å²) in [6.45, 7) is 0. The third kappa shape index (κ3) is 2.41. The Labute approximate surface area is 90.9 Å². The Morgan fingerprint density at radius 2 is 2.27 bits per heavy atom. The molecule has 2 atom stereocenters. The van der Waals surface area contributed by atoms with Crippen LogP contribution in [0.3, 0.4) is 0 Å². The lowest BCUT2D eigenvalue weighted by Gasteiger charge is -2.27. The van der Waals surface area contributed by atoms with Crippen molar-refractivity contribution in [2.75, 3.05) is 5.33 Å². The van der Waals surface area contributed by atoms with Crippen LogP contribution in [0.2, 0.25) is 0 Å². The van der Waals surface area contributed by atoms with Gasteiger partial charge in [0.05, 0.1) is 0 Å². The van der Waals surface area contributed by atoms with E-state index in [4.69, 9.17) is 0 Å². The van der Waals surface area contributed by atoms with E-state index >= 15 is 0 Å². The van der Waals surface area contributed by atoms with E-state index in [1.807, 2.05) is 12.2 Å². The van der Waals surface area contributed by atoms with Crippen LogP contribution in [0.4, 0.5) is 0 Å². The fourth-order valence-electron chi connectivity index (χ4n) is 0.837. The Hall–Kier alpha value is 0.880. The Balaban J connectivity index is 2.84. The molecule has 0 amide bonds. The zero-order valence-corrected chi connectivity index (χ0v) is 10.4. The number of hydrogen-bond donors (Lipinski definition) is 1. The van der Waals surface area contributed by atoms with Gasteiger partial charge in [-0.3, -0.25) is 0 Å². The SMILES string of the molecule is OC1(Br)C=CC(Br)=CC1CBr. The predicted molar refractivity (Wildman–Crippen MR) is 57.3 cm³/mol. The molecule has 0 aliphatic heterocycles. The van der Waals surface area contributed by atoms with Crippen molar-refractivity contribution < 1.29 is 5.11 Å². The number of rotatable bonds is 1. The van der Waals surface area contributed by atoms with Crippen molar-refractivity contribution in [2.24, 2.45) is 5.92 Å². The van der Waals surface area contributed by atoms with Gasteiger partial charge in [0.2, 0.25) is 0 Å². The fraction of sp³-hybridized carbons (Fsp3) is 0.429. The Morgan fingerprint density at radius 3 is 2.73 bits per heavy atom. The smallest absolute Gasteiger partial charge is 0.145 e. The summed E-state index contributed by atoms with van der Waals surface area (Å²) in [6, 6.07) is 0. The first-order valence-electron chi connectivity index (χ1n) is 3.10. The maximum atomic E-state index is 9.69. The largest absolute Gasteiger partial charge is 0.375 e. The molecule has 0 aromatic heterocycles. The Morgan fingerprint density at radius 1 is 1.64 bits per heavy atom. The third-order valence-electron chi connectivity index (χ3n) is 1.52. The van der Waals surface area contributed by atoms with Crippen LogP contribution in [0.5, 0.6) is 0 Å². The van der Waals surface area contributed by atoms with Crippen LogP contribution in [0.15, 0.2) is 22.7 Å². The van der Waals surface area contributed by atoms with Crippen molar-refractivity contribution in [3.8, 4) is 0 Å². The zero-order valence-electron chi connectivity index (χ0n) is 5.60. The molecule has 1 N–H and O–H groups in total.